The van der Waals surface area contributed by atoms with Crippen molar-refractivity contribution in [1.29, 1.82) is 0 Å². The Bertz CT molecular complexity index is 471. The van der Waals surface area contributed by atoms with E-state index in [4.69, 9.17) is 5.11 Å². The fraction of sp³-hybridized carbons (Fsp3) is 0.692. The Hall–Kier alpha value is -1.50. The number of hydrogen-bond acceptors (Lipinski definition) is 5. The summed E-state index contributed by atoms with van der Waals surface area (Å²) in [7, 11) is 0. The molecule has 1 aromatic rings. The average molecular weight is 299 g/mol. The van der Waals surface area contributed by atoms with E-state index in [2.05, 4.69) is 14.9 Å². The van der Waals surface area contributed by atoms with E-state index in [-0.39, 0.29) is 17.7 Å². The summed E-state index contributed by atoms with van der Waals surface area (Å²) in [6.45, 7) is 6.47. The molecule has 1 aromatic heterocycles. The largest absolute Gasteiger partial charge is 0.481 e. The van der Waals surface area contributed by atoms with Crippen molar-refractivity contribution in [2.45, 2.75) is 46.5 Å². The first-order valence-electron chi connectivity index (χ1n) is 6.67. The van der Waals surface area contributed by atoms with Crippen LogP contribution in [0.4, 0.5) is 0 Å². The van der Waals surface area contributed by atoms with Crippen molar-refractivity contribution in [3.63, 3.8) is 0 Å². The molecule has 20 heavy (non-hydrogen) atoms. The van der Waals surface area contributed by atoms with Crippen LogP contribution in [0.15, 0.2) is 0 Å². The third-order valence-corrected chi connectivity index (χ3v) is 3.97. The molecule has 0 aromatic carbocycles. The maximum absolute atomic E-state index is 12.0. The molecule has 0 fully saturated rings. The number of carboxylic acids is 1. The molecule has 0 bridgehead atoms. The molecular formula is C13H21N3O3S. The summed E-state index contributed by atoms with van der Waals surface area (Å²) in [4.78, 5) is 23.1. The molecule has 0 aliphatic carbocycles. The topological polar surface area (TPSA) is 92.2 Å². The first kappa shape index (κ1) is 16.6. The van der Waals surface area contributed by atoms with Crippen molar-refractivity contribution in [1.82, 2.24) is 14.9 Å². The highest BCUT2D eigenvalue weighted by Crippen LogP contribution is 2.26. The second kappa shape index (κ2) is 7.33. The summed E-state index contributed by atoms with van der Waals surface area (Å²) < 4.78 is 3.79. The molecule has 0 atom stereocenters. The molecule has 6 nitrogen and oxygen atoms in total. The van der Waals surface area contributed by atoms with E-state index in [0.717, 1.165) is 23.6 Å². The molecule has 0 spiro atoms. The van der Waals surface area contributed by atoms with Gasteiger partial charge in [0.1, 0.15) is 4.88 Å². The lowest BCUT2D eigenvalue weighted by Gasteiger charge is -2.23. The highest BCUT2D eigenvalue weighted by Gasteiger charge is 2.20. The number of rotatable bonds is 8. The minimum absolute atomic E-state index is 0.106. The number of aliphatic carboxylic acids is 1. The molecule has 112 valence electrons. The fourth-order valence-electron chi connectivity index (χ4n) is 1.78. The van der Waals surface area contributed by atoms with Crippen molar-refractivity contribution < 1.29 is 14.7 Å². The van der Waals surface area contributed by atoms with Gasteiger partial charge in [0.15, 0.2) is 0 Å². The summed E-state index contributed by atoms with van der Waals surface area (Å²) in [6.07, 6.45) is 2.17. The fourth-order valence-corrected chi connectivity index (χ4v) is 2.44. The van der Waals surface area contributed by atoms with Crippen LogP contribution in [0, 0.1) is 5.41 Å². The molecule has 0 aliphatic rings. The SMILES string of the molecule is CCc1nnsc1C(=O)NCCC(C)(C)CCC(=O)O. The number of hydrogen-bond donors (Lipinski definition) is 2. The van der Waals surface area contributed by atoms with Gasteiger partial charge in [-0.25, -0.2) is 0 Å². The van der Waals surface area contributed by atoms with Gasteiger partial charge in [-0.1, -0.05) is 25.3 Å². The highest BCUT2D eigenvalue weighted by molar-refractivity contribution is 7.08. The third kappa shape index (κ3) is 5.24. The van der Waals surface area contributed by atoms with E-state index in [1.165, 1.54) is 0 Å². The predicted octanol–water partition coefficient (Wildman–Crippen LogP) is 2.11. The van der Waals surface area contributed by atoms with Crippen LogP contribution in [-0.2, 0) is 11.2 Å². The summed E-state index contributed by atoms with van der Waals surface area (Å²) in [5, 5.41) is 15.4. The zero-order valence-corrected chi connectivity index (χ0v) is 12.9. The van der Waals surface area contributed by atoms with E-state index in [1.54, 1.807) is 0 Å². The van der Waals surface area contributed by atoms with Crippen LogP contribution in [0.25, 0.3) is 0 Å². The number of nitrogens with zero attached hydrogens (tertiary/aromatic N) is 2. The predicted molar refractivity (Wildman–Crippen MR) is 76.9 cm³/mol. The lowest BCUT2D eigenvalue weighted by molar-refractivity contribution is -0.137. The van der Waals surface area contributed by atoms with Gasteiger partial charge in [-0.15, -0.1) is 5.10 Å². The van der Waals surface area contributed by atoms with Crippen molar-refractivity contribution >= 4 is 23.4 Å². The normalized spacial score (nSPS) is 11.3. The smallest absolute Gasteiger partial charge is 0.303 e. The number of carbonyl (C=O) groups excluding carboxylic acids is 1. The average Bonchev–Trinajstić information content (AvgIpc) is 2.84. The molecule has 0 saturated carbocycles. The van der Waals surface area contributed by atoms with Crippen LogP contribution < -0.4 is 5.32 Å². The molecule has 2 N–H and O–H groups in total. The molecule has 0 unspecified atom stereocenters. The quantitative estimate of drug-likeness (QED) is 0.767. The van der Waals surface area contributed by atoms with Crippen LogP contribution in [0.2, 0.25) is 0 Å². The first-order valence-corrected chi connectivity index (χ1v) is 7.44. The van der Waals surface area contributed by atoms with E-state index < -0.39 is 5.97 Å². The van der Waals surface area contributed by atoms with Gasteiger partial charge in [0, 0.05) is 13.0 Å². The first-order chi connectivity index (χ1) is 9.35. The highest BCUT2D eigenvalue weighted by atomic mass is 32.1. The standard InChI is InChI=1S/C13H21N3O3S/c1-4-9-11(20-16-15-9)12(19)14-8-7-13(2,3)6-5-10(17)18/h4-8H2,1-3H3,(H,14,19)(H,17,18). The van der Waals surface area contributed by atoms with Crippen molar-refractivity contribution in [3.05, 3.63) is 10.6 Å². The maximum atomic E-state index is 12.0. The minimum atomic E-state index is -0.787. The second-order valence-electron chi connectivity index (χ2n) is 5.47. The number of aryl methyl sites for hydroxylation is 1. The van der Waals surface area contributed by atoms with Gasteiger partial charge in [-0.3, -0.25) is 9.59 Å². The summed E-state index contributed by atoms with van der Waals surface area (Å²) >= 11 is 1.10. The monoisotopic (exact) mass is 299 g/mol. The molecule has 0 aliphatic heterocycles. The number of aromatic nitrogens is 2. The Kier molecular flexibility index (Phi) is 6.06. The van der Waals surface area contributed by atoms with Gasteiger partial charge < -0.3 is 10.4 Å². The van der Waals surface area contributed by atoms with Crippen LogP contribution in [0.1, 0.15) is 55.4 Å². The van der Waals surface area contributed by atoms with E-state index >= 15 is 0 Å². The van der Waals surface area contributed by atoms with Crippen LogP contribution in [-0.4, -0.2) is 33.1 Å². The van der Waals surface area contributed by atoms with Crippen LogP contribution in [0.3, 0.4) is 0 Å². The Morgan fingerprint density at radius 3 is 2.65 bits per heavy atom. The Morgan fingerprint density at radius 2 is 2.05 bits per heavy atom. The van der Waals surface area contributed by atoms with E-state index in [0.29, 0.717) is 24.3 Å². The summed E-state index contributed by atoms with van der Waals surface area (Å²) in [6, 6.07) is 0. The van der Waals surface area contributed by atoms with Gasteiger partial charge in [-0.05, 0) is 36.2 Å². The zero-order valence-electron chi connectivity index (χ0n) is 12.1. The Labute approximate surface area is 122 Å². The number of carbonyl (C=O) groups is 2. The maximum Gasteiger partial charge on any atom is 0.303 e. The molecule has 0 radical (unpaired) electrons. The number of nitrogens with one attached hydrogen (secondary N) is 1. The lowest BCUT2D eigenvalue weighted by atomic mass is 9.84. The van der Waals surface area contributed by atoms with Crippen molar-refractivity contribution in [2.75, 3.05) is 6.54 Å². The molecule has 7 heteroatoms. The zero-order chi connectivity index (χ0) is 15.2. The van der Waals surface area contributed by atoms with Crippen molar-refractivity contribution in [2.24, 2.45) is 5.41 Å². The molecule has 0 saturated heterocycles. The second-order valence-corrected chi connectivity index (χ2v) is 6.22. The van der Waals surface area contributed by atoms with Gasteiger partial charge in [0.25, 0.3) is 5.91 Å². The Balaban J connectivity index is 2.40. The van der Waals surface area contributed by atoms with E-state index in [1.807, 2.05) is 20.8 Å². The van der Waals surface area contributed by atoms with Gasteiger partial charge in [-0.2, -0.15) is 0 Å². The lowest BCUT2D eigenvalue weighted by Crippen LogP contribution is -2.28. The van der Waals surface area contributed by atoms with Crippen LogP contribution in [0.5, 0.6) is 0 Å². The Morgan fingerprint density at radius 1 is 1.35 bits per heavy atom. The molecular weight excluding hydrogens is 278 g/mol. The van der Waals surface area contributed by atoms with E-state index in [9.17, 15) is 9.59 Å². The van der Waals surface area contributed by atoms with Gasteiger partial charge in [0.05, 0.1) is 5.69 Å². The summed E-state index contributed by atoms with van der Waals surface area (Å²) in [5.74, 6) is -0.934. The molecule has 1 heterocycles. The van der Waals surface area contributed by atoms with Crippen LogP contribution >= 0.6 is 11.5 Å². The van der Waals surface area contributed by atoms with Gasteiger partial charge >= 0.3 is 5.97 Å². The molecule has 1 rings (SSSR count). The summed E-state index contributed by atoms with van der Waals surface area (Å²) in [5.41, 5.74) is 0.614. The number of carboxylic acid groups (broad SMARTS) is 1. The molecule has 1 amide bonds. The third-order valence-electron chi connectivity index (χ3n) is 3.20. The minimum Gasteiger partial charge on any atom is -0.481 e. The number of amides is 1. The van der Waals surface area contributed by atoms with Gasteiger partial charge in [0.2, 0.25) is 0 Å². The van der Waals surface area contributed by atoms with Crippen molar-refractivity contribution in [3.8, 4) is 0 Å².